The molecular weight excluding hydrogens is 293 g/mol. The van der Waals surface area contributed by atoms with Crippen LogP contribution in [0.3, 0.4) is 0 Å². The highest BCUT2D eigenvalue weighted by Crippen LogP contribution is 2.22. The van der Waals surface area contributed by atoms with Gasteiger partial charge in [-0.3, -0.25) is 0 Å². The number of ether oxygens (including phenoxy) is 1. The lowest BCUT2D eigenvalue weighted by Crippen LogP contribution is -2.35. The van der Waals surface area contributed by atoms with Gasteiger partial charge in [0.1, 0.15) is 17.7 Å². The Morgan fingerprint density at radius 1 is 1.33 bits per heavy atom. The third-order valence-corrected chi connectivity index (χ3v) is 4.98. The molecule has 1 unspecified atom stereocenters. The molecule has 0 radical (unpaired) electrons. The summed E-state index contributed by atoms with van der Waals surface area (Å²) in [5.41, 5.74) is 0.716. The molecule has 1 aliphatic heterocycles. The van der Waals surface area contributed by atoms with Crippen molar-refractivity contribution in [3.05, 3.63) is 29.6 Å². The summed E-state index contributed by atoms with van der Waals surface area (Å²) in [6.45, 7) is 6.63. The van der Waals surface area contributed by atoms with E-state index >= 15 is 0 Å². The van der Waals surface area contributed by atoms with Crippen molar-refractivity contribution in [3.8, 4) is 5.75 Å². The Morgan fingerprint density at radius 3 is 2.62 bits per heavy atom. The van der Waals surface area contributed by atoms with E-state index in [9.17, 15) is 12.8 Å². The van der Waals surface area contributed by atoms with E-state index in [4.69, 9.17) is 4.74 Å². The zero-order valence-electron chi connectivity index (χ0n) is 12.6. The molecule has 0 amide bonds. The Bertz CT molecular complexity index is 608. The van der Waals surface area contributed by atoms with Crippen molar-refractivity contribution < 1.29 is 17.5 Å². The second-order valence-corrected chi connectivity index (χ2v) is 8.77. The van der Waals surface area contributed by atoms with E-state index in [1.54, 1.807) is 6.07 Å². The first-order chi connectivity index (χ1) is 9.63. The van der Waals surface area contributed by atoms with Crippen LogP contribution < -0.4 is 10.1 Å². The molecule has 0 aromatic heterocycles. The minimum atomic E-state index is -3.00. The molecule has 1 atom stereocenters. The summed E-state index contributed by atoms with van der Waals surface area (Å²) in [5, 5.41) is 3.28. The molecule has 1 heterocycles. The fourth-order valence-electron chi connectivity index (χ4n) is 2.20. The van der Waals surface area contributed by atoms with Gasteiger partial charge in [0.15, 0.2) is 9.84 Å². The van der Waals surface area contributed by atoms with Crippen LogP contribution in [-0.4, -0.2) is 31.6 Å². The van der Waals surface area contributed by atoms with Crippen LogP contribution in [0.5, 0.6) is 5.75 Å². The molecule has 6 heteroatoms. The number of nitrogens with one attached hydrogen (secondary N) is 1. The van der Waals surface area contributed by atoms with E-state index in [1.807, 2.05) is 20.8 Å². The average Bonchev–Trinajstić information content (AvgIpc) is 2.64. The number of halogens is 1. The minimum Gasteiger partial charge on any atom is -0.489 e. The Balaban J connectivity index is 2.05. The van der Waals surface area contributed by atoms with Gasteiger partial charge in [0.05, 0.1) is 11.5 Å². The maximum atomic E-state index is 13.6. The van der Waals surface area contributed by atoms with Crippen molar-refractivity contribution in [2.45, 2.75) is 45.4 Å². The molecule has 1 N–H and O–H groups in total. The predicted molar refractivity (Wildman–Crippen MR) is 80.7 cm³/mol. The summed E-state index contributed by atoms with van der Waals surface area (Å²) in [5.74, 6) is 0.173. The molecule has 0 spiro atoms. The highest BCUT2D eigenvalue weighted by Gasteiger charge is 2.29. The summed E-state index contributed by atoms with van der Waals surface area (Å²) < 4.78 is 42.1. The molecule has 118 valence electrons. The smallest absolute Gasteiger partial charge is 0.154 e. The van der Waals surface area contributed by atoms with Crippen molar-refractivity contribution in [2.75, 3.05) is 11.5 Å². The van der Waals surface area contributed by atoms with Crippen molar-refractivity contribution in [2.24, 2.45) is 0 Å². The molecule has 1 saturated heterocycles. The number of rotatable bonds is 4. The molecule has 1 aromatic rings. The Kier molecular flexibility index (Phi) is 4.58. The Labute approximate surface area is 125 Å². The molecule has 1 aliphatic rings. The molecule has 21 heavy (non-hydrogen) atoms. The average molecular weight is 315 g/mol. The fraction of sp³-hybridized carbons (Fsp3) is 0.600. The van der Waals surface area contributed by atoms with Gasteiger partial charge < -0.3 is 10.1 Å². The zero-order valence-corrected chi connectivity index (χ0v) is 13.5. The topological polar surface area (TPSA) is 55.4 Å². The summed E-state index contributed by atoms with van der Waals surface area (Å²) in [4.78, 5) is 0. The zero-order chi connectivity index (χ0) is 15.7. The molecule has 0 saturated carbocycles. The number of benzene rings is 1. The van der Waals surface area contributed by atoms with Gasteiger partial charge in [0, 0.05) is 18.2 Å². The summed E-state index contributed by atoms with van der Waals surface area (Å²) >= 11 is 0. The van der Waals surface area contributed by atoms with Crippen LogP contribution in [0.2, 0.25) is 0 Å². The number of sulfone groups is 1. The summed E-state index contributed by atoms with van der Waals surface area (Å²) in [6, 6.07) is 4.51. The maximum Gasteiger partial charge on any atom is 0.154 e. The van der Waals surface area contributed by atoms with Crippen molar-refractivity contribution in [1.82, 2.24) is 5.32 Å². The van der Waals surface area contributed by atoms with Gasteiger partial charge in [-0.25, -0.2) is 12.8 Å². The van der Waals surface area contributed by atoms with Gasteiger partial charge in [-0.15, -0.1) is 0 Å². The van der Waals surface area contributed by atoms with Crippen molar-refractivity contribution in [3.63, 3.8) is 0 Å². The van der Waals surface area contributed by atoms with E-state index in [2.05, 4.69) is 5.32 Å². The van der Waals surface area contributed by atoms with Crippen molar-refractivity contribution >= 4 is 9.84 Å². The van der Waals surface area contributed by atoms with Gasteiger partial charge >= 0.3 is 0 Å². The maximum absolute atomic E-state index is 13.6. The second-order valence-electron chi connectivity index (χ2n) is 6.54. The van der Waals surface area contributed by atoms with Crippen LogP contribution in [0.15, 0.2) is 18.2 Å². The quantitative estimate of drug-likeness (QED) is 0.926. The van der Waals surface area contributed by atoms with Gasteiger partial charge in [0.2, 0.25) is 0 Å². The predicted octanol–water partition coefficient (Wildman–Crippen LogP) is 2.28. The standard InChI is InChI=1S/C15H22FNO3S/c1-15(2,3)17-9-11-6-12(16)8-14(7-11)20-13-4-5-21(18,19)10-13/h6-8,13,17H,4-5,9-10H2,1-3H3. The van der Waals surface area contributed by atoms with E-state index in [0.717, 1.165) is 5.56 Å². The highest BCUT2D eigenvalue weighted by molar-refractivity contribution is 7.91. The third kappa shape index (κ3) is 5.28. The SMILES string of the molecule is CC(C)(C)NCc1cc(F)cc(OC2CCS(=O)(=O)C2)c1. The van der Waals surface area contributed by atoms with E-state index < -0.39 is 9.84 Å². The van der Waals surface area contributed by atoms with Crippen LogP contribution in [0, 0.1) is 5.82 Å². The molecular formula is C15H22FNO3S. The lowest BCUT2D eigenvalue weighted by atomic mass is 10.1. The second kappa shape index (κ2) is 5.93. The van der Waals surface area contributed by atoms with E-state index in [1.165, 1.54) is 12.1 Å². The van der Waals surface area contributed by atoms with E-state index in [0.29, 0.717) is 18.7 Å². The van der Waals surface area contributed by atoms with Crippen molar-refractivity contribution in [1.29, 1.82) is 0 Å². The lowest BCUT2D eigenvalue weighted by molar-refractivity contribution is 0.227. The first-order valence-corrected chi connectivity index (χ1v) is 8.87. The van der Waals surface area contributed by atoms with Gasteiger partial charge in [-0.2, -0.15) is 0 Å². The molecule has 1 aromatic carbocycles. The minimum absolute atomic E-state index is 0.0130. The third-order valence-electron chi connectivity index (χ3n) is 3.25. The summed E-state index contributed by atoms with van der Waals surface area (Å²) in [7, 11) is -3.00. The number of hydrogen-bond donors (Lipinski definition) is 1. The largest absolute Gasteiger partial charge is 0.489 e. The summed E-state index contributed by atoms with van der Waals surface area (Å²) in [6.07, 6.45) is 0.0919. The Morgan fingerprint density at radius 2 is 2.05 bits per heavy atom. The monoisotopic (exact) mass is 315 g/mol. The first kappa shape index (κ1) is 16.2. The highest BCUT2D eigenvalue weighted by atomic mass is 32.2. The van der Waals surface area contributed by atoms with Crippen LogP contribution in [-0.2, 0) is 16.4 Å². The van der Waals surface area contributed by atoms with E-state index in [-0.39, 0.29) is 29.0 Å². The first-order valence-electron chi connectivity index (χ1n) is 7.05. The Hall–Kier alpha value is -1.14. The molecule has 4 nitrogen and oxygen atoms in total. The fourth-order valence-corrected chi connectivity index (χ4v) is 3.79. The van der Waals surface area contributed by atoms with Gasteiger partial charge in [0.25, 0.3) is 0 Å². The van der Waals surface area contributed by atoms with Crippen LogP contribution in [0.4, 0.5) is 4.39 Å². The van der Waals surface area contributed by atoms with Gasteiger partial charge in [-0.05, 0) is 44.9 Å². The molecule has 0 bridgehead atoms. The van der Waals surface area contributed by atoms with Crippen LogP contribution in [0.1, 0.15) is 32.8 Å². The molecule has 0 aliphatic carbocycles. The normalized spacial score (nSPS) is 21.4. The van der Waals surface area contributed by atoms with Crippen LogP contribution in [0.25, 0.3) is 0 Å². The van der Waals surface area contributed by atoms with Crippen LogP contribution >= 0.6 is 0 Å². The molecule has 1 fully saturated rings. The molecule has 2 rings (SSSR count). The number of hydrogen-bond acceptors (Lipinski definition) is 4. The lowest BCUT2D eigenvalue weighted by Gasteiger charge is -2.21. The van der Waals surface area contributed by atoms with Gasteiger partial charge in [-0.1, -0.05) is 0 Å².